The Kier molecular flexibility index (Phi) is 4.76. The van der Waals surface area contributed by atoms with E-state index < -0.39 is 17.6 Å². The normalized spacial score (nSPS) is 11.5. The molecule has 4 aromatic carbocycles. The maximum absolute atomic E-state index is 13.7. The van der Waals surface area contributed by atoms with Gasteiger partial charge in [-0.2, -0.15) is 13.2 Å². The first-order valence-electron chi connectivity index (χ1n) is 9.19. The summed E-state index contributed by atoms with van der Waals surface area (Å²) in [6.45, 7) is 2.12. The predicted octanol–water partition coefficient (Wildman–Crippen LogP) is 7.11. The Morgan fingerprint density at radius 2 is 1.31 bits per heavy atom. The van der Waals surface area contributed by atoms with Crippen molar-refractivity contribution in [1.82, 2.24) is 0 Å². The number of hydrogen-bond acceptors (Lipinski definition) is 0. The lowest BCUT2D eigenvalue weighted by Gasteiger charge is -2.07. The van der Waals surface area contributed by atoms with Crippen LogP contribution in [0.3, 0.4) is 0 Å². The molecule has 4 rings (SSSR count). The molecule has 144 valence electrons. The highest BCUT2D eigenvalue weighted by atomic mass is 19.4. The summed E-state index contributed by atoms with van der Waals surface area (Å²) >= 11 is 0. The van der Waals surface area contributed by atoms with Crippen LogP contribution in [0.1, 0.15) is 29.2 Å². The summed E-state index contributed by atoms with van der Waals surface area (Å²) in [6.07, 6.45) is -3.73. The molecule has 0 nitrogen and oxygen atoms in total. The molecule has 0 aliphatic carbocycles. The maximum atomic E-state index is 13.7. The average Bonchev–Trinajstić information content (AvgIpc) is 2.70. The zero-order valence-electron chi connectivity index (χ0n) is 15.6. The zero-order valence-corrected chi connectivity index (χ0v) is 15.6. The van der Waals surface area contributed by atoms with E-state index in [-0.39, 0.29) is 5.56 Å². The highest BCUT2D eigenvalue weighted by Gasteiger charge is 2.33. The Labute approximate surface area is 165 Å². The van der Waals surface area contributed by atoms with E-state index in [1.54, 1.807) is 0 Å². The first-order chi connectivity index (χ1) is 13.8. The van der Waals surface area contributed by atoms with Gasteiger partial charge in [-0.15, -0.1) is 0 Å². The number of fused-ring (bicyclic) bond motifs is 3. The van der Waals surface area contributed by atoms with Gasteiger partial charge in [0.25, 0.3) is 0 Å². The molecular formula is C25H16F4. The summed E-state index contributed by atoms with van der Waals surface area (Å²) in [5.74, 6) is 4.33. The molecule has 0 unspecified atom stereocenters. The van der Waals surface area contributed by atoms with Crippen LogP contribution in [0.25, 0.3) is 21.5 Å². The molecule has 0 N–H and O–H groups in total. The Hall–Kier alpha value is -3.32. The summed E-state index contributed by atoms with van der Waals surface area (Å²) < 4.78 is 51.7. The van der Waals surface area contributed by atoms with Crippen LogP contribution in [-0.2, 0) is 12.6 Å². The van der Waals surface area contributed by atoms with E-state index in [0.717, 1.165) is 34.7 Å². The van der Waals surface area contributed by atoms with Gasteiger partial charge in [-0.1, -0.05) is 55.2 Å². The average molecular weight is 392 g/mol. The van der Waals surface area contributed by atoms with Crippen LogP contribution in [0.4, 0.5) is 17.6 Å². The van der Waals surface area contributed by atoms with Crippen LogP contribution in [-0.4, -0.2) is 0 Å². The summed E-state index contributed by atoms with van der Waals surface area (Å²) in [4.78, 5) is 0. The molecule has 0 saturated carbocycles. The van der Waals surface area contributed by atoms with E-state index in [4.69, 9.17) is 0 Å². The van der Waals surface area contributed by atoms with Crippen molar-refractivity contribution in [3.05, 3.63) is 94.8 Å². The SMILES string of the molecule is CCc1ccc2c(ccc3cc(C#Cc4ccc(C(F)(F)F)c(F)c4)ccc32)c1. The Morgan fingerprint density at radius 1 is 0.724 bits per heavy atom. The van der Waals surface area contributed by atoms with E-state index in [2.05, 4.69) is 43.0 Å². The van der Waals surface area contributed by atoms with Crippen molar-refractivity contribution in [1.29, 1.82) is 0 Å². The second-order valence-corrected chi connectivity index (χ2v) is 6.85. The molecule has 0 aliphatic heterocycles. The maximum Gasteiger partial charge on any atom is 0.419 e. The monoisotopic (exact) mass is 392 g/mol. The minimum Gasteiger partial charge on any atom is -0.206 e. The van der Waals surface area contributed by atoms with Gasteiger partial charge in [0.05, 0.1) is 5.56 Å². The van der Waals surface area contributed by atoms with Gasteiger partial charge < -0.3 is 0 Å². The van der Waals surface area contributed by atoms with Gasteiger partial charge in [0, 0.05) is 11.1 Å². The van der Waals surface area contributed by atoms with E-state index in [9.17, 15) is 17.6 Å². The second kappa shape index (κ2) is 7.25. The van der Waals surface area contributed by atoms with Crippen molar-refractivity contribution in [3.63, 3.8) is 0 Å². The highest BCUT2D eigenvalue weighted by Crippen LogP contribution is 2.31. The van der Waals surface area contributed by atoms with Crippen molar-refractivity contribution in [2.45, 2.75) is 19.5 Å². The zero-order chi connectivity index (χ0) is 20.6. The third-order valence-corrected chi connectivity index (χ3v) is 4.93. The quantitative estimate of drug-likeness (QED) is 0.184. The van der Waals surface area contributed by atoms with Crippen LogP contribution in [0.15, 0.2) is 66.7 Å². The fraction of sp³-hybridized carbons (Fsp3) is 0.120. The summed E-state index contributed by atoms with van der Waals surface area (Å²) in [6, 6.07) is 19.0. The number of aryl methyl sites for hydroxylation is 1. The topological polar surface area (TPSA) is 0 Å². The molecule has 0 radical (unpaired) electrons. The number of benzene rings is 4. The Morgan fingerprint density at radius 3 is 1.93 bits per heavy atom. The van der Waals surface area contributed by atoms with Gasteiger partial charge >= 0.3 is 6.18 Å². The lowest BCUT2D eigenvalue weighted by atomic mass is 9.98. The van der Waals surface area contributed by atoms with Crippen LogP contribution in [0.2, 0.25) is 0 Å². The van der Waals surface area contributed by atoms with Crippen molar-refractivity contribution in [2.75, 3.05) is 0 Å². The molecule has 0 aromatic heterocycles. The largest absolute Gasteiger partial charge is 0.419 e. The summed E-state index contributed by atoms with van der Waals surface area (Å²) in [5, 5.41) is 4.46. The van der Waals surface area contributed by atoms with Gasteiger partial charge in [-0.05, 0) is 63.9 Å². The fourth-order valence-electron chi connectivity index (χ4n) is 3.39. The molecule has 0 aliphatic rings. The third-order valence-electron chi connectivity index (χ3n) is 4.93. The lowest BCUT2D eigenvalue weighted by molar-refractivity contribution is -0.140. The van der Waals surface area contributed by atoms with Crippen molar-refractivity contribution in [2.24, 2.45) is 0 Å². The molecule has 4 aromatic rings. The van der Waals surface area contributed by atoms with E-state index in [1.807, 2.05) is 24.3 Å². The van der Waals surface area contributed by atoms with Crippen LogP contribution in [0, 0.1) is 17.7 Å². The molecule has 0 saturated heterocycles. The van der Waals surface area contributed by atoms with Crippen LogP contribution in [0.5, 0.6) is 0 Å². The number of halogens is 4. The van der Waals surface area contributed by atoms with Gasteiger partial charge in [-0.25, -0.2) is 4.39 Å². The van der Waals surface area contributed by atoms with E-state index >= 15 is 0 Å². The van der Waals surface area contributed by atoms with E-state index in [0.29, 0.717) is 5.56 Å². The summed E-state index contributed by atoms with van der Waals surface area (Å²) in [7, 11) is 0. The summed E-state index contributed by atoms with van der Waals surface area (Å²) in [5.41, 5.74) is 0.901. The minimum atomic E-state index is -4.71. The van der Waals surface area contributed by atoms with Crippen LogP contribution < -0.4 is 0 Å². The van der Waals surface area contributed by atoms with Gasteiger partial charge in [0.1, 0.15) is 5.82 Å². The smallest absolute Gasteiger partial charge is 0.206 e. The van der Waals surface area contributed by atoms with Gasteiger partial charge in [-0.3, -0.25) is 0 Å². The van der Waals surface area contributed by atoms with Crippen molar-refractivity contribution >= 4 is 21.5 Å². The number of alkyl halides is 3. The molecule has 29 heavy (non-hydrogen) atoms. The van der Waals surface area contributed by atoms with Gasteiger partial charge in [0.15, 0.2) is 0 Å². The minimum absolute atomic E-state index is 0.196. The molecule has 0 fully saturated rings. The number of rotatable bonds is 1. The van der Waals surface area contributed by atoms with Gasteiger partial charge in [0.2, 0.25) is 0 Å². The molecule has 4 heteroatoms. The fourth-order valence-corrected chi connectivity index (χ4v) is 3.39. The molecule has 0 bridgehead atoms. The Balaban J connectivity index is 1.69. The third kappa shape index (κ3) is 3.82. The number of hydrogen-bond donors (Lipinski definition) is 0. The van der Waals surface area contributed by atoms with Crippen molar-refractivity contribution < 1.29 is 17.6 Å². The second-order valence-electron chi connectivity index (χ2n) is 6.85. The van der Waals surface area contributed by atoms with Crippen molar-refractivity contribution in [3.8, 4) is 11.8 Å². The molecule has 0 spiro atoms. The first-order valence-corrected chi connectivity index (χ1v) is 9.19. The molecule has 0 amide bonds. The molecular weight excluding hydrogens is 376 g/mol. The molecule has 0 heterocycles. The van der Waals surface area contributed by atoms with Crippen LogP contribution >= 0.6 is 0 Å². The molecule has 0 atom stereocenters. The first kappa shape index (κ1) is 19.0. The van der Waals surface area contributed by atoms with E-state index in [1.165, 1.54) is 17.0 Å². The predicted molar refractivity (Wildman–Crippen MR) is 108 cm³/mol. The lowest BCUT2D eigenvalue weighted by Crippen LogP contribution is -2.07. The highest BCUT2D eigenvalue weighted by molar-refractivity contribution is 6.07. The Bertz CT molecular complexity index is 1290. The standard InChI is InChI=1S/C25H16F4/c1-2-16-5-10-21-19(13-16)8-9-20-14-17(6-11-22(20)21)3-4-18-7-12-23(24(26)15-18)25(27,28)29/h5-15H,2H2,1H3.